The summed E-state index contributed by atoms with van der Waals surface area (Å²) in [5.41, 5.74) is 7.41. The molecule has 1 aromatic carbocycles. The van der Waals surface area contributed by atoms with E-state index in [2.05, 4.69) is 24.3 Å². The van der Waals surface area contributed by atoms with Gasteiger partial charge in [0.2, 0.25) is 0 Å². The number of benzene rings is 1. The van der Waals surface area contributed by atoms with Crippen molar-refractivity contribution in [2.45, 2.75) is 31.2 Å². The second-order valence-electron chi connectivity index (χ2n) is 4.23. The van der Waals surface area contributed by atoms with Crippen molar-refractivity contribution >= 4 is 23.2 Å². The zero-order chi connectivity index (χ0) is 11.9. The molecule has 0 radical (unpaired) electrons. The van der Waals surface area contributed by atoms with Gasteiger partial charge in [-0.3, -0.25) is 0 Å². The van der Waals surface area contributed by atoms with Crippen LogP contribution in [0.5, 0.6) is 0 Å². The van der Waals surface area contributed by atoms with Gasteiger partial charge in [-0.15, -0.1) is 23.2 Å². The molecule has 1 rings (SSSR count). The molecule has 0 atom stereocenters. The van der Waals surface area contributed by atoms with Crippen LogP contribution in [-0.2, 0) is 6.42 Å². The van der Waals surface area contributed by atoms with Crippen LogP contribution in [-0.4, -0.2) is 17.3 Å². The molecule has 0 aliphatic rings. The highest BCUT2D eigenvalue weighted by molar-refractivity contribution is 6.18. The van der Waals surface area contributed by atoms with Gasteiger partial charge in [0.05, 0.1) is 0 Å². The van der Waals surface area contributed by atoms with Gasteiger partial charge < -0.3 is 5.73 Å². The summed E-state index contributed by atoms with van der Waals surface area (Å²) < 4.78 is 0. The fourth-order valence-electron chi connectivity index (χ4n) is 1.79. The summed E-state index contributed by atoms with van der Waals surface area (Å²) in [6.45, 7) is 0. The first-order valence-electron chi connectivity index (χ1n) is 5.65. The van der Waals surface area contributed by atoms with Crippen LogP contribution >= 0.6 is 23.2 Å². The average molecular weight is 260 g/mol. The summed E-state index contributed by atoms with van der Waals surface area (Å²) in [7, 11) is 0. The number of aryl methyl sites for hydroxylation is 1. The molecule has 1 nitrogen and oxygen atoms in total. The van der Waals surface area contributed by atoms with E-state index in [1.165, 1.54) is 5.56 Å². The molecule has 90 valence electrons. The van der Waals surface area contributed by atoms with Crippen LogP contribution in [0.1, 0.15) is 24.8 Å². The third-order valence-corrected chi connectivity index (χ3v) is 3.32. The van der Waals surface area contributed by atoms with Crippen LogP contribution in [0.2, 0.25) is 0 Å². The van der Waals surface area contributed by atoms with Gasteiger partial charge in [-0.25, -0.2) is 0 Å². The van der Waals surface area contributed by atoms with Gasteiger partial charge in [0.15, 0.2) is 0 Å². The number of nitrogens with two attached hydrogens (primary N) is 1. The van der Waals surface area contributed by atoms with Gasteiger partial charge in [0, 0.05) is 17.3 Å². The second kappa shape index (κ2) is 7.16. The molecular formula is C13H19Cl2N. The lowest BCUT2D eigenvalue weighted by Gasteiger charge is -2.28. The monoisotopic (exact) mass is 259 g/mol. The Bertz CT molecular complexity index is 281. The molecule has 0 aliphatic heterocycles. The van der Waals surface area contributed by atoms with Crippen molar-refractivity contribution in [3.8, 4) is 0 Å². The Morgan fingerprint density at radius 1 is 0.938 bits per heavy atom. The number of hydrogen-bond acceptors (Lipinski definition) is 1. The zero-order valence-electron chi connectivity index (χ0n) is 9.46. The van der Waals surface area contributed by atoms with E-state index in [0.717, 1.165) is 25.7 Å². The minimum Gasteiger partial charge on any atom is -0.325 e. The van der Waals surface area contributed by atoms with Crippen molar-refractivity contribution in [1.29, 1.82) is 0 Å². The number of alkyl halides is 2. The van der Waals surface area contributed by atoms with E-state index in [1.54, 1.807) is 0 Å². The van der Waals surface area contributed by atoms with Crippen molar-refractivity contribution in [3.63, 3.8) is 0 Å². The molecule has 3 heteroatoms. The third-order valence-electron chi connectivity index (χ3n) is 2.94. The topological polar surface area (TPSA) is 26.0 Å². The van der Waals surface area contributed by atoms with Crippen molar-refractivity contribution < 1.29 is 0 Å². The predicted molar refractivity (Wildman–Crippen MR) is 72.4 cm³/mol. The van der Waals surface area contributed by atoms with E-state index in [-0.39, 0.29) is 5.54 Å². The maximum atomic E-state index is 6.30. The highest BCUT2D eigenvalue weighted by Gasteiger charge is 2.23. The van der Waals surface area contributed by atoms with E-state index in [0.29, 0.717) is 11.8 Å². The largest absolute Gasteiger partial charge is 0.325 e. The molecule has 0 saturated carbocycles. The summed E-state index contributed by atoms with van der Waals surface area (Å²) in [6.07, 6.45) is 3.59. The van der Waals surface area contributed by atoms with Crippen molar-refractivity contribution in [2.75, 3.05) is 11.8 Å². The Hall–Kier alpha value is -0.240. The van der Waals surface area contributed by atoms with E-state index in [1.807, 2.05) is 6.07 Å². The molecule has 0 heterocycles. The summed E-state index contributed by atoms with van der Waals surface area (Å²) in [6, 6.07) is 10.4. The summed E-state index contributed by atoms with van der Waals surface area (Å²) >= 11 is 11.6. The fraction of sp³-hybridized carbons (Fsp3) is 0.538. The molecule has 0 aliphatic carbocycles. The molecular weight excluding hydrogens is 241 g/mol. The van der Waals surface area contributed by atoms with Gasteiger partial charge in [-0.1, -0.05) is 30.3 Å². The van der Waals surface area contributed by atoms with Gasteiger partial charge in [0.25, 0.3) is 0 Å². The first-order valence-corrected chi connectivity index (χ1v) is 6.72. The standard InChI is InChI=1S/C13H19Cl2N/c14-10-8-13(16,9-11-15)7-6-12-4-2-1-3-5-12/h1-5H,6-11,16H2. The third kappa shape index (κ3) is 4.73. The van der Waals surface area contributed by atoms with Gasteiger partial charge >= 0.3 is 0 Å². The number of hydrogen-bond donors (Lipinski definition) is 1. The molecule has 0 saturated heterocycles. The lowest BCUT2D eigenvalue weighted by molar-refractivity contribution is 0.371. The first-order chi connectivity index (χ1) is 7.70. The molecule has 0 fully saturated rings. The van der Waals surface area contributed by atoms with Crippen molar-refractivity contribution in [1.82, 2.24) is 0 Å². The van der Waals surface area contributed by atoms with Gasteiger partial charge in [0.1, 0.15) is 0 Å². The Labute approximate surface area is 108 Å². The Kier molecular flexibility index (Phi) is 6.18. The molecule has 0 amide bonds. The van der Waals surface area contributed by atoms with Crippen LogP contribution in [0.25, 0.3) is 0 Å². The second-order valence-corrected chi connectivity index (χ2v) is 4.98. The molecule has 0 bridgehead atoms. The smallest absolute Gasteiger partial charge is 0.0240 e. The highest BCUT2D eigenvalue weighted by atomic mass is 35.5. The summed E-state index contributed by atoms with van der Waals surface area (Å²) in [5.74, 6) is 1.20. The zero-order valence-corrected chi connectivity index (χ0v) is 11.0. The van der Waals surface area contributed by atoms with Crippen LogP contribution in [0.4, 0.5) is 0 Å². The van der Waals surface area contributed by atoms with Crippen LogP contribution in [0.15, 0.2) is 30.3 Å². The quantitative estimate of drug-likeness (QED) is 0.745. The molecule has 0 spiro atoms. The maximum absolute atomic E-state index is 6.30. The van der Waals surface area contributed by atoms with Crippen LogP contribution in [0, 0.1) is 0 Å². The first kappa shape index (κ1) is 13.8. The van der Waals surface area contributed by atoms with Gasteiger partial charge in [-0.05, 0) is 31.2 Å². The lowest BCUT2D eigenvalue weighted by atomic mass is 9.87. The average Bonchev–Trinajstić information content (AvgIpc) is 2.29. The minimum absolute atomic E-state index is 0.209. The minimum atomic E-state index is -0.209. The van der Waals surface area contributed by atoms with Crippen LogP contribution in [0.3, 0.4) is 0 Å². The maximum Gasteiger partial charge on any atom is 0.0240 e. The van der Waals surface area contributed by atoms with Crippen molar-refractivity contribution in [3.05, 3.63) is 35.9 Å². The van der Waals surface area contributed by atoms with Crippen LogP contribution < -0.4 is 5.73 Å². The Balaban J connectivity index is 2.49. The number of rotatable bonds is 7. The summed E-state index contributed by atoms with van der Waals surface area (Å²) in [4.78, 5) is 0. The molecule has 0 unspecified atom stereocenters. The summed E-state index contributed by atoms with van der Waals surface area (Å²) in [5, 5.41) is 0. The molecule has 2 N–H and O–H groups in total. The molecule has 0 aromatic heterocycles. The van der Waals surface area contributed by atoms with E-state index >= 15 is 0 Å². The van der Waals surface area contributed by atoms with E-state index in [4.69, 9.17) is 28.9 Å². The Morgan fingerprint density at radius 3 is 2.00 bits per heavy atom. The Morgan fingerprint density at radius 2 is 1.50 bits per heavy atom. The molecule has 16 heavy (non-hydrogen) atoms. The normalized spacial score (nSPS) is 11.7. The SMILES string of the molecule is NC(CCCl)(CCCl)CCc1ccccc1. The highest BCUT2D eigenvalue weighted by Crippen LogP contribution is 2.21. The lowest BCUT2D eigenvalue weighted by Crippen LogP contribution is -2.41. The van der Waals surface area contributed by atoms with E-state index in [9.17, 15) is 0 Å². The molecule has 1 aromatic rings. The fourth-order valence-corrected chi connectivity index (χ4v) is 2.54. The predicted octanol–water partition coefficient (Wildman–Crippen LogP) is 3.57. The number of halogens is 2. The van der Waals surface area contributed by atoms with E-state index < -0.39 is 0 Å². The van der Waals surface area contributed by atoms with Gasteiger partial charge in [-0.2, -0.15) is 0 Å². The van der Waals surface area contributed by atoms with Crippen molar-refractivity contribution in [2.24, 2.45) is 5.73 Å².